The summed E-state index contributed by atoms with van der Waals surface area (Å²) in [6.45, 7) is 0.00621. The molecule has 92 valence electrons. The molecule has 1 heterocycles. The lowest BCUT2D eigenvalue weighted by Gasteiger charge is -2.15. The van der Waals surface area contributed by atoms with Crippen LogP contribution in [-0.2, 0) is 0 Å². The van der Waals surface area contributed by atoms with E-state index in [1.807, 2.05) is 0 Å². The summed E-state index contributed by atoms with van der Waals surface area (Å²) in [5.41, 5.74) is -0.367. The molecule has 0 spiro atoms. The zero-order valence-corrected chi connectivity index (χ0v) is 9.43. The minimum Gasteiger partial charge on any atom is -0.394 e. The molecule has 1 aromatic rings. The van der Waals surface area contributed by atoms with E-state index >= 15 is 0 Å². The highest BCUT2D eigenvalue weighted by molar-refractivity contribution is 5.56. The van der Waals surface area contributed by atoms with Gasteiger partial charge < -0.3 is 15.7 Å². The zero-order chi connectivity index (χ0) is 12.5. The molecule has 0 aliphatic heterocycles. The molecule has 1 aliphatic carbocycles. The van der Waals surface area contributed by atoms with Gasteiger partial charge in [-0.2, -0.15) is 0 Å². The fourth-order valence-electron chi connectivity index (χ4n) is 1.56. The quantitative estimate of drug-likeness (QED) is 0.522. The van der Waals surface area contributed by atoms with Crippen LogP contribution in [0.4, 0.5) is 17.3 Å². The molecule has 1 fully saturated rings. The SMILES string of the molecule is CNc1cc([N+](=O)[O-])cc(NC2(CO)CC2)n1. The topological polar surface area (TPSA) is 100 Å². The van der Waals surface area contributed by atoms with Crippen LogP contribution in [0.2, 0.25) is 0 Å². The molecule has 2 rings (SSSR count). The first-order valence-electron chi connectivity index (χ1n) is 5.32. The lowest BCUT2D eigenvalue weighted by Crippen LogP contribution is -2.26. The average molecular weight is 238 g/mol. The van der Waals surface area contributed by atoms with Crippen LogP contribution in [0.5, 0.6) is 0 Å². The minimum absolute atomic E-state index is 0.00621. The Balaban J connectivity index is 2.26. The van der Waals surface area contributed by atoms with Crippen LogP contribution < -0.4 is 10.6 Å². The van der Waals surface area contributed by atoms with E-state index in [-0.39, 0.29) is 17.8 Å². The van der Waals surface area contributed by atoms with Crippen molar-refractivity contribution in [2.75, 3.05) is 24.3 Å². The van der Waals surface area contributed by atoms with E-state index in [0.29, 0.717) is 11.6 Å². The van der Waals surface area contributed by atoms with Gasteiger partial charge >= 0.3 is 0 Å². The van der Waals surface area contributed by atoms with Crippen molar-refractivity contribution >= 4 is 17.3 Å². The Labute approximate surface area is 98.0 Å². The number of hydrogen-bond donors (Lipinski definition) is 3. The maximum Gasteiger partial charge on any atom is 0.276 e. The number of aliphatic hydroxyl groups is 1. The maximum atomic E-state index is 10.7. The number of aliphatic hydroxyl groups excluding tert-OH is 1. The molecular weight excluding hydrogens is 224 g/mol. The van der Waals surface area contributed by atoms with Crippen molar-refractivity contribution in [1.82, 2.24) is 4.98 Å². The van der Waals surface area contributed by atoms with Crippen molar-refractivity contribution in [3.05, 3.63) is 22.2 Å². The normalized spacial score (nSPS) is 16.4. The fourth-order valence-corrected chi connectivity index (χ4v) is 1.56. The number of nitrogens with one attached hydrogen (secondary N) is 2. The van der Waals surface area contributed by atoms with Crippen LogP contribution in [-0.4, -0.2) is 34.2 Å². The number of rotatable bonds is 5. The molecule has 0 bridgehead atoms. The van der Waals surface area contributed by atoms with Gasteiger partial charge in [0.15, 0.2) is 0 Å². The first kappa shape index (κ1) is 11.6. The molecule has 17 heavy (non-hydrogen) atoms. The Bertz CT molecular complexity index is 445. The smallest absolute Gasteiger partial charge is 0.276 e. The van der Waals surface area contributed by atoms with E-state index in [2.05, 4.69) is 15.6 Å². The van der Waals surface area contributed by atoms with Gasteiger partial charge in [-0.05, 0) is 12.8 Å². The van der Waals surface area contributed by atoms with E-state index in [1.54, 1.807) is 7.05 Å². The minimum atomic E-state index is -0.466. The molecule has 7 heteroatoms. The summed E-state index contributed by atoms with van der Waals surface area (Å²) < 4.78 is 0. The van der Waals surface area contributed by atoms with Crippen LogP contribution >= 0.6 is 0 Å². The summed E-state index contributed by atoms with van der Waals surface area (Å²) in [5.74, 6) is 0.838. The van der Waals surface area contributed by atoms with Gasteiger partial charge in [-0.25, -0.2) is 4.98 Å². The van der Waals surface area contributed by atoms with Crippen LogP contribution in [0, 0.1) is 10.1 Å². The van der Waals surface area contributed by atoms with Crippen LogP contribution in [0.3, 0.4) is 0 Å². The number of pyridine rings is 1. The van der Waals surface area contributed by atoms with Gasteiger partial charge in [-0.15, -0.1) is 0 Å². The van der Waals surface area contributed by atoms with Gasteiger partial charge in [0.1, 0.15) is 11.6 Å². The summed E-state index contributed by atoms with van der Waals surface area (Å²) in [7, 11) is 1.65. The third-order valence-electron chi connectivity index (χ3n) is 2.83. The number of nitro groups is 1. The van der Waals surface area contributed by atoms with Gasteiger partial charge in [0, 0.05) is 7.05 Å². The number of hydrogen-bond acceptors (Lipinski definition) is 6. The predicted octanol–water partition coefficient (Wildman–Crippen LogP) is 0.968. The van der Waals surface area contributed by atoms with Gasteiger partial charge in [-0.1, -0.05) is 0 Å². The van der Waals surface area contributed by atoms with Crippen LogP contribution in [0.15, 0.2) is 12.1 Å². The van der Waals surface area contributed by atoms with Crippen molar-refractivity contribution in [3.63, 3.8) is 0 Å². The highest BCUT2D eigenvalue weighted by atomic mass is 16.6. The molecule has 0 radical (unpaired) electrons. The first-order chi connectivity index (χ1) is 8.08. The van der Waals surface area contributed by atoms with Crippen molar-refractivity contribution in [3.8, 4) is 0 Å². The highest BCUT2D eigenvalue weighted by Crippen LogP contribution is 2.38. The molecule has 1 aliphatic rings. The number of aromatic nitrogens is 1. The van der Waals surface area contributed by atoms with Gasteiger partial charge in [-0.3, -0.25) is 10.1 Å². The van der Waals surface area contributed by atoms with E-state index in [9.17, 15) is 15.2 Å². The molecule has 0 saturated heterocycles. The van der Waals surface area contributed by atoms with Crippen molar-refractivity contribution in [2.45, 2.75) is 18.4 Å². The second-order valence-corrected chi connectivity index (χ2v) is 4.17. The summed E-state index contributed by atoms with van der Waals surface area (Å²) in [6.07, 6.45) is 1.70. The largest absolute Gasteiger partial charge is 0.394 e. The summed E-state index contributed by atoms with van der Waals surface area (Å²) in [4.78, 5) is 14.4. The van der Waals surface area contributed by atoms with Crippen LogP contribution in [0.1, 0.15) is 12.8 Å². The Morgan fingerprint density at radius 2 is 2.18 bits per heavy atom. The van der Waals surface area contributed by atoms with E-state index in [4.69, 9.17) is 0 Å². The molecule has 0 atom stereocenters. The molecule has 1 saturated carbocycles. The summed E-state index contributed by atoms with van der Waals surface area (Å²) >= 11 is 0. The van der Waals surface area contributed by atoms with Gasteiger partial charge in [0.05, 0.1) is 29.2 Å². The highest BCUT2D eigenvalue weighted by Gasteiger charge is 2.42. The Morgan fingerprint density at radius 1 is 1.53 bits per heavy atom. The number of nitrogens with zero attached hydrogens (tertiary/aromatic N) is 2. The predicted molar refractivity (Wildman–Crippen MR) is 63.1 cm³/mol. The molecular formula is C10H14N4O3. The Hall–Kier alpha value is -1.89. The van der Waals surface area contributed by atoms with Gasteiger partial charge in [0.25, 0.3) is 5.69 Å². The third-order valence-corrected chi connectivity index (χ3v) is 2.83. The molecule has 7 nitrogen and oxygen atoms in total. The lowest BCUT2D eigenvalue weighted by molar-refractivity contribution is -0.384. The Morgan fingerprint density at radius 3 is 2.65 bits per heavy atom. The molecule has 1 aromatic heterocycles. The molecule has 3 N–H and O–H groups in total. The Kier molecular flexibility index (Phi) is 2.84. The van der Waals surface area contributed by atoms with Crippen molar-refractivity contribution in [2.24, 2.45) is 0 Å². The molecule has 0 unspecified atom stereocenters. The van der Waals surface area contributed by atoms with Crippen molar-refractivity contribution < 1.29 is 10.0 Å². The fraction of sp³-hybridized carbons (Fsp3) is 0.500. The zero-order valence-electron chi connectivity index (χ0n) is 9.43. The summed E-state index contributed by atoms with van der Waals surface area (Å²) in [6, 6.07) is 2.74. The van der Waals surface area contributed by atoms with E-state index in [1.165, 1.54) is 12.1 Å². The standard InChI is InChI=1S/C10H14N4O3/c1-11-8-4-7(14(16)17)5-9(12-8)13-10(6-15)2-3-10/h4-5,15H,2-3,6H2,1H3,(H2,11,12,13). The third kappa shape index (κ3) is 2.44. The van der Waals surface area contributed by atoms with Crippen molar-refractivity contribution in [1.29, 1.82) is 0 Å². The monoisotopic (exact) mass is 238 g/mol. The lowest BCUT2D eigenvalue weighted by atomic mass is 10.3. The molecule has 0 amide bonds. The van der Waals surface area contributed by atoms with Gasteiger partial charge in [0.2, 0.25) is 0 Å². The molecule has 0 aromatic carbocycles. The van der Waals surface area contributed by atoms with E-state index in [0.717, 1.165) is 12.8 Å². The average Bonchev–Trinajstić information content (AvgIpc) is 3.09. The number of anilines is 2. The second kappa shape index (κ2) is 4.17. The van der Waals surface area contributed by atoms with E-state index < -0.39 is 4.92 Å². The van der Waals surface area contributed by atoms with Crippen LogP contribution in [0.25, 0.3) is 0 Å². The summed E-state index contributed by atoms with van der Waals surface area (Å²) in [5, 5.41) is 25.7. The second-order valence-electron chi connectivity index (χ2n) is 4.17. The first-order valence-corrected chi connectivity index (χ1v) is 5.32. The maximum absolute atomic E-state index is 10.7.